The number of thioether (sulfide) groups is 1. The summed E-state index contributed by atoms with van der Waals surface area (Å²) in [5, 5.41) is 0.522. The summed E-state index contributed by atoms with van der Waals surface area (Å²) in [6.45, 7) is 4.64. The predicted molar refractivity (Wildman–Crippen MR) is 159 cm³/mol. The van der Waals surface area contributed by atoms with Crippen molar-refractivity contribution in [2.75, 3.05) is 20.3 Å². The number of carbonyl (C=O) groups excluding carboxylic acids is 2. The molecule has 0 radical (unpaired) electrons. The number of halogens is 2. The van der Waals surface area contributed by atoms with Gasteiger partial charge < -0.3 is 14.2 Å². The minimum atomic E-state index is -0.391. The van der Waals surface area contributed by atoms with Crippen molar-refractivity contribution in [1.29, 1.82) is 0 Å². The molecular weight excluding hydrogens is 634 g/mol. The molecule has 0 unspecified atom stereocenters. The van der Waals surface area contributed by atoms with E-state index in [2.05, 4.69) is 27.6 Å². The van der Waals surface area contributed by atoms with Crippen LogP contribution in [0.15, 0.2) is 70.6 Å². The molecule has 1 saturated heterocycles. The lowest BCUT2D eigenvalue weighted by Gasteiger charge is -2.15. The third-order valence-electron chi connectivity index (χ3n) is 5.53. The van der Waals surface area contributed by atoms with Gasteiger partial charge in [0.25, 0.3) is 5.91 Å². The molecule has 7 nitrogen and oxygen atoms in total. The Morgan fingerprint density at radius 1 is 1.05 bits per heavy atom. The summed E-state index contributed by atoms with van der Waals surface area (Å²) >= 11 is 3.44. The lowest BCUT2D eigenvalue weighted by atomic mass is 10.1. The maximum absolute atomic E-state index is 13.2. The summed E-state index contributed by atoms with van der Waals surface area (Å²) in [7, 11) is 1.67. The van der Waals surface area contributed by atoms with Gasteiger partial charge in [0.05, 0.1) is 32.9 Å². The number of amides is 1. The number of aliphatic imine (C=N–C) groups is 1. The first-order chi connectivity index (χ1) is 18.8. The van der Waals surface area contributed by atoms with Crippen LogP contribution in [0.25, 0.3) is 6.08 Å². The molecule has 0 aliphatic carbocycles. The normalized spacial score (nSPS) is 15.2. The second kappa shape index (κ2) is 13.1. The molecule has 0 saturated carbocycles. The van der Waals surface area contributed by atoms with Gasteiger partial charge in [0.15, 0.2) is 16.7 Å². The standard InChI is InChI=1S/C29H26FIN2O5S/c1-4-36-24-15-19(14-23(31)26(24)38-17-18-6-10-21(30)11-7-18)16-25-27(34)33(3)29(39-25)32-22-12-8-20(9-13-22)28(35)37-5-2/h6-16H,4-5,17H2,1-3H3. The molecule has 1 aliphatic heterocycles. The molecule has 1 heterocycles. The van der Waals surface area contributed by atoms with Crippen LogP contribution in [0, 0.1) is 9.39 Å². The molecular formula is C29H26FIN2O5S. The minimum absolute atomic E-state index is 0.175. The first kappa shape index (κ1) is 28.6. The van der Waals surface area contributed by atoms with Gasteiger partial charge in [-0.05, 0) is 114 Å². The zero-order valence-electron chi connectivity index (χ0n) is 21.6. The molecule has 10 heteroatoms. The smallest absolute Gasteiger partial charge is 0.338 e. The molecule has 0 N–H and O–H groups in total. The summed E-state index contributed by atoms with van der Waals surface area (Å²) in [6, 6.07) is 16.6. The Hall–Kier alpha value is -3.38. The van der Waals surface area contributed by atoms with Crippen LogP contribution in [0.3, 0.4) is 0 Å². The van der Waals surface area contributed by atoms with E-state index < -0.39 is 5.97 Å². The highest BCUT2D eigenvalue weighted by molar-refractivity contribution is 14.1. The molecule has 1 amide bonds. The Bertz CT molecular complexity index is 1420. The number of benzene rings is 3. The topological polar surface area (TPSA) is 77.4 Å². The van der Waals surface area contributed by atoms with Crippen molar-refractivity contribution in [3.05, 3.63) is 91.6 Å². The van der Waals surface area contributed by atoms with E-state index in [4.69, 9.17) is 14.2 Å². The SMILES string of the molecule is CCOC(=O)c1ccc(N=C2SC(=Cc3cc(I)c(OCc4ccc(F)cc4)c(OCC)c3)C(=O)N2C)cc1. The van der Waals surface area contributed by atoms with Crippen LogP contribution in [0.2, 0.25) is 0 Å². The number of ether oxygens (including phenoxy) is 3. The molecule has 39 heavy (non-hydrogen) atoms. The van der Waals surface area contributed by atoms with Gasteiger partial charge in [-0.15, -0.1) is 0 Å². The summed E-state index contributed by atoms with van der Waals surface area (Å²) < 4.78 is 30.9. The van der Waals surface area contributed by atoms with E-state index in [0.717, 1.165) is 14.7 Å². The molecule has 1 aliphatic rings. The Morgan fingerprint density at radius 3 is 2.44 bits per heavy atom. The van der Waals surface area contributed by atoms with E-state index in [-0.39, 0.29) is 18.3 Å². The van der Waals surface area contributed by atoms with Gasteiger partial charge in [0, 0.05) is 7.05 Å². The highest BCUT2D eigenvalue weighted by Crippen LogP contribution is 2.38. The molecule has 3 aromatic rings. The van der Waals surface area contributed by atoms with Crippen molar-refractivity contribution in [2.24, 2.45) is 4.99 Å². The Kier molecular flexibility index (Phi) is 9.63. The van der Waals surface area contributed by atoms with Crippen molar-refractivity contribution in [3.8, 4) is 11.5 Å². The lowest BCUT2D eigenvalue weighted by molar-refractivity contribution is -0.121. The molecule has 1 fully saturated rings. The molecule has 0 spiro atoms. The van der Waals surface area contributed by atoms with Crippen molar-refractivity contribution >= 4 is 63.2 Å². The number of esters is 1. The van der Waals surface area contributed by atoms with Crippen molar-refractivity contribution < 1.29 is 28.2 Å². The van der Waals surface area contributed by atoms with Crippen molar-refractivity contribution in [2.45, 2.75) is 20.5 Å². The Morgan fingerprint density at radius 2 is 1.77 bits per heavy atom. The van der Waals surface area contributed by atoms with E-state index in [9.17, 15) is 14.0 Å². The van der Waals surface area contributed by atoms with E-state index >= 15 is 0 Å². The van der Waals surface area contributed by atoms with Gasteiger partial charge >= 0.3 is 5.97 Å². The van der Waals surface area contributed by atoms with E-state index in [0.29, 0.717) is 46.0 Å². The summed E-state index contributed by atoms with van der Waals surface area (Å²) in [4.78, 5) is 31.5. The largest absolute Gasteiger partial charge is 0.490 e. The van der Waals surface area contributed by atoms with Gasteiger partial charge in [-0.25, -0.2) is 14.2 Å². The third kappa shape index (κ3) is 7.18. The van der Waals surface area contributed by atoms with Crippen LogP contribution in [0.1, 0.15) is 35.3 Å². The monoisotopic (exact) mass is 660 g/mol. The summed E-state index contributed by atoms with van der Waals surface area (Å²) in [5.41, 5.74) is 2.66. The predicted octanol–water partition coefficient (Wildman–Crippen LogP) is 6.82. The van der Waals surface area contributed by atoms with Crippen molar-refractivity contribution in [3.63, 3.8) is 0 Å². The highest BCUT2D eigenvalue weighted by atomic mass is 127. The number of nitrogens with zero attached hydrogens (tertiary/aromatic N) is 2. The fraction of sp³-hybridized carbons (Fsp3) is 0.207. The Balaban J connectivity index is 1.54. The van der Waals surface area contributed by atoms with Crippen LogP contribution in [0.4, 0.5) is 10.1 Å². The second-order valence-electron chi connectivity index (χ2n) is 8.31. The number of amidine groups is 1. The number of rotatable bonds is 9. The van der Waals surface area contributed by atoms with Gasteiger partial charge in [-0.3, -0.25) is 9.69 Å². The van der Waals surface area contributed by atoms with Gasteiger partial charge in [-0.1, -0.05) is 12.1 Å². The highest BCUT2D eigenvalue weighted by Gasteiger charge is 2.30. The van der Waals surface area contributed by atoms with Crippen LogP contribution in [0.5, 0.6) is 11.5 Å². The van der Waals surface area contributed by atoms with Crippen molar-refractivity contribution in [1.82, 2.24) is 4.90 Å². The van der Waals surface area contributed by atoms with Gasteiger partial charge in [-0.2, -0.15) is 0 Å². The number of hydrogen-bond donors (Lipinski definition) is 0. The maximum atomic E-state index is 13.2. The van der Waals surface area contributed by atoms with Crippen LogP contribution < -0.4 is 9.47 Å². The second-order valence-corrected chi connectivity index (χ2v) is 10.5. The summed E-state index contributed by atoms with van der Waals surface area (Å²) in [5.74, 6) is 0.271. The van der Waals surface area contributed by atoms with Crippen LogP contribution >= 0.6 is 34.4 Å². The molecule has 0 bridgehead atoms. The van der Waals surface area contributed by atoms with E-state index in [1.807, 2.05) is 19.1 Å². The zero-order valence-corrected chi connectivity index (χ0v) is 24.5. The average Bonchev–Trinajstić information content (AvgIpc) is 3.17. The molecule has 0 aromatic heterocycles. The molecule has 202 valence electrons. The number of likely N-dealkylation sites (N-methyl/N-ethyl adjacent to an activating group) is 1. The molecule has 3 aromatic carbocycles. The lowest BCUT2D eigenvalue weighted by Crippen LogP contribution is -2.23. The van der Waals surface area contributed by atoms with Crippen LogP contribution in [-0.4, -0.2) is 42.2 Å². The number of carbonyl (C=O) groups is 2. The van der Waals surface area contributed by atoms with E-state index in [1.165, 1.54) is 28.8 Å². The van der Waals surface area contributed by atoms with Crippen LogP contribution in [-0.2, 0) is 16.1 Å². The first-order valence-electron chi connectivity index (χ1n) is 12.2. The van der Waals surface area contributed by atoms with E-state index in [1.54, 1.807) is 56.4 Å². The molecule has 0 atom stereocenters. The fourth-order valence-electron chi connectivity index (χ4n) is 3.61. The third-order valence-corrected chi connectivity index (χ3v) is 7.39. The zero-order chi connectivity index (χ0) is 27.9. The average molecular weight is 661 g/mol. The minimum Gasteiger partial charge on any atom is -0.490 e. The molecule has 4 rings (SSSR count). The van der Waals surface area contributed by atoms with Gasteiger partial charge in [0.2, 0.25) is 0 Å². The number of hydrogen-bond acceptors (Lipinski definition) is 7. The maximum Gasteiger partial charge on any atom is 0.338 e. The first-order valence-corrected chi connectivity index (χ1v) is 14.1. The summed E-state index contributed by atoms with van der Waals surface area (Å²) in [6.07, 6.45) is 1.80. The van der Waals surface area contributed by atoms with Gasteiger partial charge in [0.1, 0.15) is 12.4 Å². The Labute approximate surface area is 244 Å². The fourth-order valence-corrected chi connectivity index (χ4v) is 5.38. The quantitative estimate of drug-likeness (QED) is 0.143.